The van der Waals surface area contributed by atoms with E-state index in [9.17, 15) is 4.79 Å². The Bertz CT molecular complexity index is 504. The maximum absolute atomic E-state index is 11.2. The molecule has 2 atom stereocenters. The number of aryl methyl sites for hydroxylation is 1. The van der Waals surface area contributed by atoms with Crippen molar-refractivity contribution >= 4 is 5.91 Å². The molecule has 5 heteroatoms. The third-order valence-corrected chi connectivity index (χ3v) is 4.40. The minimum absolute atomic E-state index is 0.313. The number of carbonyl (C=O) groups excluding carboxylic acids is 1. The van der Waals surface area contributed by atoms with Gasteiger partial charge in [0.15, 0.2) is 0 Å². The Morgan fingerprint density at radius 1 is 1.48 bits per heavy atom. The molecule has 0 aliphatic carbocycles. The molecule has 1 aromatic rings. The Morgan fingerprint density at radius 2 is 2.24 bits per heavy atom. The van der Waals surface area contributed by atoms with E-state index in [1.54, 1.807) is 13.2 Å². The first-order chi connectivity index (χ1) is 10.0. The zero-order chi connectivity index (χ0) is 15.4. The molecular weight excluding hydrogens is 266 g/mol. The van der Waals surface area contributed by atoms with E-state index < -0.39 is 0 Å². The fraction of sp³-hybridized carbons (Fsp3) is 0.562. The molecule has 0 radical (unpaired) electrons. The summed E-state index contributed by atoms with van der Waals surface area (Å²) in [5.41, 5.74) is 14.1. The summed E-state index contributed by atoms with van der Waals surface area (Å²) in [5, 5.41) is 0. The van der Waals surface area contributed by atoms with Crippen LogP contribution in [0.25, 0.3) is 0 Å². The highest BCUT2D eigenvalue weighted by Gasteiger charge is 2.27. The minimum atomic E-state index is -0.384. The molecule has 116 valence electrons. The summed E-state index contributed by atoms with van der Waals surface area (Å²) in [7, 11) is 1.76. The third-order valence-electron chi connectivity index (χ3n) is 4.40. The van der Waals surface area contributed by atoms with Crippen LogP contribution in [0.5, 0.6) is 0 Å². The van der Waals surface area contributed by atoms with Crippen molar-refractivity contribution in [2.75, 3.05) is 20.2 Å². The normalized spacial score (nSPS) is 23.2. The number of primary amides is 1. The fourth-order valence-electron chi connectivity index (χ4n) is 2.98. The molecule has 1 saturated heterocycles. The van der Waals surface area contributed by atoms with Crippen LogP contribution in [0.4, 0.5) is 0 Å². The second kappa shape index (κ2) is 7.02. The van der Waals surface area contributed by atoms with Crippen molar-refractivity contribution in [3.05, 3.63) is 34.9 Å². The summed E-state index contributed by atoms with van der Waals surface area (Å²) in [5.74, 6) is -0.384. The van der Waals surface area contributed by atoms with Gasteiger partial charge in [0.2, 0.25) is 5.91 Å². The van der Waals surface area contributed by atoms with Crippen molar-refractivity contribution in [1.29, 1.82) is 0 Å². The van der Waals surface area contributed by atoms with E-state index in [-0.39, 0.29) is 5.91 Å². The van der Waals surface area contributed by atoms with Gasteiger partial charge >= 0.3 is 0 Å². The summed E-state index contributed by atoms with van der Waals surface area (Å²) in [6, 6.07) is 5.99. The molecule has 4 N–H and O–H groups in total. The van der Waals surface area contributed by atoms with Crippen LogP contribution >= 0.6 is 0 Å². The van der Waals surface area contributed by atoms with Gasteiger partial charge in [0.05, 0.1) is 6.10 Å². The van der Waals surface area contributed by atoms with Crippen LogP contribution in [0, 0.1) is 6.92 Å². The Kier molecular flexibility index (Phi) is 5.33. The summed E-state index contributed by atoms with van der Waals surface area (Å²) in [6.45, 7) is 4.49. The number of methoxy groups -OCH3 is 1. The first-order valence-corrected chi connectivity index (χ1v) is 7.41. The number of rotatable bonds is 5. The van der Waals surface area contributed by atoms with Crippen molar-refractivity contribution in [3.63, 3.8) is 0 Å². The summed E-state index contributed by atoms with van der Waals surface area (Å²) in [4.78, 5) is 13.6. The van der Waals surface area contributed by atoms with Gasteiger partial charge < -0.3 is 16.2 Å². The highest BCUT2D eigenvalue weighted by atomic mass is 16.5. The molecule has 0 spiro atoms. The molecule has 1 aliphatic heterocycles. The average molecular weight is 291 g/mol. The average Bonchev–Trinajstić information content (AvgIpc) is 2.49. The van der Waals surface area contributed by atoms with Crippen LogP contribution < -0.4 is 11.5 Å². The van der Waals surface area contributed by atoms with Gasteiger partial charge in [0, 0.05) is 38.3 Å². The number of hydrogen-bond donors (Lipinski definition) is 2. The lowest BCUT2D eigenvalue weighted by molar-refractivity contribution is 0.0101. The second-order valence-electron chi connectivity index (χ2n) is 5.75. The van der Waals surface area contributed by atoms with Crippen molar-refractivity contribution in [1.82, 2.24) is 4.90 Å². The molecule has 2 unspecified atom stereocenters. The highest BCUT2D eigenvalue weighted by Crippen LogP contribution is 2.22. The molecule has 21 heavy (non-hydrogen) atoms. The Labute approximate surface area is 126 Å². The third kappa shape index (κ3) is 3.81. The first-order valence-electron chi connectivity index (χ1n) is 7.41. The highest BCUT2D eigenvalue weighted by molar-refractivity contribution is 5.93. The van der Waals surface area contributed by atoms with Gasteiger partial charge in [-0.15, -0.1) is 0 Å². The maximum Gasteiger partial charge on any atom is 0.248 e. The van der Waals surface area contributed by atoms with Gasteiger partial charge in [-0.3, -0.25) is 9.69 Å². The topological polar surface area (TPSA) is 81.6 Å². The number of nitrogens with two attached hydrogens (primary N) is 2. The number of nitrogens with zero attached hydrogens (tertiary/aromatic N) is 1. The lowest BCUT2D eigenvalue weighted by Crippen LogP contribution is -2.48. The zero-order valence-corrected chi connectivity index (χ0v) is 12.8. The number of hydrogen-bond acceptors (Lipinski definition) is 4. The lowest BCUT2D eigenvalue weighted by atomic mass is 9.97. The molecule has 5 nitrogen and oxygen atoms in total. The molecule has 1 amide bonds. The van der Waals surface area contributed by atoms with Crippen molar-refractivity contribution in [3.8, 4) is 0 Å². The monoisotopic (exact) mass is 291 g/mol. The van der Waals surface area contributed by atoms with E-state index in [1.165, 1.54) is 5.56 Å². The summed E-state index contributed by atoms with van der Waals surface area (Å²) in [6.07, 6.45) is 2.32. The van der Waals surface area contributed by atoms with Crippen molar-refractivity contribution in [2.24, 2.45) is 11.5 Å². The first kappa shape index (κ1) is 15.9. The number of carbonyl (C=O) groups is 1. The molecule has 1 fully saturated rings. The Morgan fingerprint density at radius 3 is 2.81 bits per heavy atom. The Hall–Kier alpha value is -1.43. The molecule has 0 aromatic heterocycles. The quantitative estimate of drug-likeness (QED) is 0.849. The molecule has 0 saturated carbocycles. The SMILES string of the molecule is COC1CCN(Cc2ccc(C(N)=O)cc2C)C(CN)C1. The van der Waals surface area contributed by atoms with E-state index in [0.717, 1.165) is 31.5 Å². The predicted octanol–water partition coefficient (Wildman–Crippen LogP) is 1.03. The maximum atomic E-state index is 11.2. The number of ether oxygens (including phenoxy) is 1. The number of amides is 1. The summed E-state index contributed by atoms with van der Waals surface area (Å²) < 4.78 is 5.45. The van der Waals surface area contributed by atoms with Gasteiger partial charge in [0.25, 0.3) is 0 Å². The van der Waals surface area contributed by atoms with Crippen LogP contribution in [0.15, 0.2) is 18.2 Å². The zero-order valence-electron chi connectivity index (χ0n) is 12.8. The molecule has 0 bridgehead atoms. The summed E-state index contributed by atoms with van der Waals surface area (Å²) >= 11 is 0. The largest absolute Gasteiger partial charge is 0.381 e. The second-order valence-corrected chi connectivity index (χ2v) is 5.75. The molecule has 2 rings (SSSR count). The van der Waals surface area contributed by atoms with E-state index in [4.69, 9.17) is 16.2 Å². The number of benzene rings is 1. The van der Waals surface area contributed by atoms with Gasteiger partial charge in [0.1, 0.15) is 0 Å². The Balaban J connectivity index is 2.08. The number of likely N-dealkylation sites (tertiary alicyclic amines) is 1. The smallest absolute Gasteiger partial charge is 0.248 e. The van der Waals surface area contributed by atoms with Gasteiger partial charge in [-0.05, 0) is 43.0 Å². The molecule has 1 aliphatic rings. The van der Waals surface area contributed by atoms with E-state index in [1.807, 2.05) is 19.1 Å². The van der Waals surface area contributed by atoms with Crippen LogP contribution in [-0.2, 0) is 11.3 Å². The lowest BCUT2D eigenvalue weighted by Gasteiger charge is -2.38. The van der Waals surface area contributed by atoms with Crippen LogP contribution in [0.1, 0.15) is 34.3 Å². The van der Waals surface area contributed by atoms with Crippen molar-refractivity contribution in [2.45, 2.75) is 38.5 Å². The van der Waals surface area contributed by atoms with Crippen LogP contribution in [-0.4, -0.2) is 43.2 Å². The predicted molar refractivity (Wildman–Crippen MR) is 83.0 cm³/mol. The minimum Gasteiger partial charge on any atom is -0.381 e. The van der Waals surface area contributed by atoms with Crippen LogP contribution in [0.2, 0.25) is 0 Å². The van der Waals surface area contributed by atoms with Crippen molar-refractivity contribution < 1.29 is 9.53 Å². The number of piperidine rings is 1. The standard InChI is InChI=1S/C16H25N3O2/c1-11-7-12(16(18)20)3-4-13(11)10-19-6-5-15(21-2)8-14(19)9-17/h3-4,7,14-15H,5-6,8-10,17H2,1-2H3,(H2,18,20). The van der Waals surface area contributed by atoms with E-state index >= 15 is 0 Å². The van der Waals surface area contributed by atoms with Gasteiger partial charge in [-0.1, -0.05) is 6.07 Å². The molecule has 1 aromatic carbocycles. The molecule has 1 heterocycles. The van der Waals surface area contributed by atoms with Crippen LogP contribution in [0.3, 0.4) is 0 Å². The van der Waals surface area contributed by atoms with E-state index in [2.05, 4.69) is 4.90 Å². The molecular formula is C16H25N3O2. The fourth-order valence-corrected chi connectivity index (χ4v) is 2.98. The van der Waals surface area contributed by atoms with E-state index in [0.29, 0.717) is 24.3 Å². The van der Waals surface area contributed by atoms with Gasteiger partial charge in [-0.2, -0.15) is 0 Å². The van der Waals surface area contributed by atoms with Gasteiger partial charge in [-0.25, -0.2) is 0 Å².